The van der Waals surface area contributed by atoms with E-state index in [0.29, 0.717) is 12.0 Å². The van der Waals surface area contributed by atoms with E-state index >= 15 is 0 Å². The van der Waals surface area contributed by atoms with Crippen LogP contribution >= 0.6 is 0 Å². The van der Waals surface area contributed by atoms with E-state index < -0.39 is 0 Å². The van der Waals surface area contributed by atoms with Gasteiger partial charge in [-0.25, -0.2) is 0 Å². The van der Waals surface area contributed by atoms with Crippen LogP contribution in [0.15, 0.2) is 18.2 Å². The van der Waals surface area contributed by atoms with E-state index in [9.17, 15) is 9.59 Å². The molecule has 2 heterocycles. The van der Waals surface area contributed by atoms with Crippen molar-refractivity contribution in [2.24, 2.45) is 0 Å². The van der Waals surface area contributed by atoms with Gasteiger partial charge < -0.3 is 10.2 Å². The molecule has 0 saturated carbocycles. The largest absolute Gasteiger partial charge is 0.336 e. The van der Waals surface area contributed by atoms with Crippen LogP contribution in [0, 0.1) is 0 Å². The summed E-state index contributed by atoms with van der Waals surface area (Å²) in [4.78, 5) is 28.2. The van der Waals surface area contributed by atoms with Gasteiger partial charge in [-0.05, 0) is 30.7 Å². The highest BCUT2D eigenvalue weighted by molar-refractivity contribution is 6.02. The molecule has 0 bridgehead atoms. The van der Waals surface area contributed by atoms with Gasteiger partial charge in [-0.1, -0.05) is 13.0 Å². The van der Waals surface area contributed by atoms with Crippen LogP contribution in [0.1, 0.15) is 29.3 Å². The second kappa shape index (κ2) is 5.85. The fourth-order valence-corrected chi connectivity index (χ4v) is 3.02. The Hall–Kier alpha value is -1.88. The molecule has 1 aromatic carbocycles. The highest BCUT2D eigenvalue weighted by atomic mass is 16.2. The van der Waals surface area contributed by atoms with Crippen molar-refractivity contribution in [3.05, 3.63) is 29.3 Å². The number of amides is 2. The molecule has 0 spiro atoms. The van der Waals surface area contributed by atoms with Crippen LogP contribution in [-0.2, 0) is 11.2 Å². The molecule has 0 unspecified atom stereocenters. The van der Waals surface area contributed by atoms with Gasteiger partial charge in [0.05, 0.1) is 6.42 Å². The van der Waals surface area contributed by atoms with Crippen LogP contribution in [0.25, 0.3) is 0 Å². The summed E-state index contributed by atoms with van der Waals surface area (Å²) in [5.74, 6) is 0.0675. The zero-order chi connectivity index (χ0) is 14.8. The zero-order valence-electron chi connectivity index (χ0n) is 12.4. The van der Waals surface area contributed by atoms with Gasteiger partial charge in [0, 0.05) is 37.4 Å². The molecule has 0 aliphatic carbocycles. The Morgan fingerprint density at radius 3 is 2.71 bits per heavy atom. The monoisotopic (exact) mass is 287 g/mol. The number of piperazine rings is 1. The number of benzene rings is 1. The standard InChI is InChI=1S/C16H21N3O2/c1-2-5-18-6-8-19(9-7-18)16(21)13-4-3-12-11-15(20)17-14(12)10-13/h3-4,10H,2,5-9,11H2,1H3,(H,17,20). The Morgan fingerprint density at radius 1 is 1.24 bits per heavy atom. The van der Waals surface area contributed by atoms with E-state index in [1.165, 1.54) is 0 Å². The molecule has 5 heteroatoms. The summed E-state index contributed by atoms with van der Waals surface area (Å²) in [7, 11) is 0. The average molecular weight is 287 g/mol. The van der Waals surface area contributed by atoms with Gasteiger partial charge in [-0.3, -0.25) is 14.5 Å². The van der Waals surface area contributed by atoms with E-state index in [1.54, 1.807) is 6.07 Å². The number of carbonyl (C=O) groups is 2. The van der Waals surface area contributed by atoms with Gasteiger partial charge in [-0.2, -0.15) is 0 Å². The van der Waals surface area contributed by atoms with Gasteiger partial charge in [0.1, 0.15) is 0 Å². The number of hydrogen-bond donors (Lipinski definition) is 1. The van der Waals surface area contributed by atoms with E-state index in [-0.39, 0.29) is 11.8 Å². The highest BCUT2D eigenvalue weighted by Crippen LogP contribution is 2.24. The summed E-state index contributed by atoms with van der Waals surface area (Å²) in [5, 5.41) is 2.80. The van der Waals surface area contributed by atoms with Crippen LogP contribution in [0.2, 0.25) is 0 Å². The molecule has 1 N–H and O–H groups in total. The minimum absolute atomic E-state index is 0.00257. The van der Waals surface area contributed by atoms with Crippen molar-refractivity contribution in [2.45, 2.75) is 19.8 Å². The molecule has 0 atom stereocenters. The van der Waals surface area contributed by atoms with Gasteiger partial charge in [0.15, 0.2) is 0 Å². The molecule has 1 aromatic rings. The summed E-state index contributed by atoms with van der Waals surface area (Å²) < 4.78 is 0. The summed E-state index contributed by atoms with van der Waals surface area (Å²) in [6, 6.07) is 5.52. The molecule has 112 valence electrons. The molecule has 2 aliphatic rings. The first-order valence-corrected chi connectivity index (χ1v) is 7.62. The number of carbonyl (C=O) groups excluding carboxylic acids is 2. The van der Waals surface area contributed by atoms with Crippen molar-refractivity contribution < 1.29 is 9.59 Å². The highest BCUT2D eigenvalue weighted by Gasteiger charge is 2.24. The Bertz CT molecular complexity index is 563. The lowest BCUT2D eigenvalue weighted by molar-refractivity contribution is -0.115. The minimum Gasteiger partial charge on any atom is -0.336 e. The Labute approximate surface area is 124 Å². The topological polar surface area (TPSA) is 52.6 Å². The molecule has 5 nitrogen and oxygen atoms in total. The van der Waals surface area contributed by atoms with Crippen LogP contribution < -0.4 is 5.32 Å². The lowest BCUT2D eigenvalue weighted by atomic mass is 10.1. The minimum atomic E-state index is 0.00257. The Morgan fingerprint density at radius 2 is 2.00 bits per heavy atom. The fraction of sp³-hybridized carbons (Fsp3) is 0.500. The Kier molecular flexibility index (Phi) is 3.92. The normalized spacial score (nSPS) is 18.5. The van der Waals surface area contributed by atoms with Gasteiger partial charge in [0.2, 0.25) is 5.91 Å². The van der Waals surface area contributed by atoms with Crippen molar-refractivity contribution in [3.8, 4) is 0 Å². The Balaban J connectivity index is 1.67. The van der Waals surface area contributed by atoms with Gasteiger partial charge in [-0.15, -0.1) is 0 Å². The molecule has 2 amide bonds. The first-order chi connectivity index (χ1) is 10.2. The molecule has 1 fully saturated rings. The summed E-state index contributed by atoms with van der Waals surface area (Å²) in [5.41, 5.74) is 2.43. The molecule has 3 rings (SSSR count). The van der Waals surface area contributed by atoms with Crippen molar-refractivity contribution in [1.29, 1.82) is 0 Å². The maximum Gasteiger partial charge on any atom is 0.254 e. The smallest absolute Gasteiger partial charge is 0.254 e. The van der Waals surface area contributed by atoms with Crippen LogP contribution in [0.5, 0.6) is 0 Å². The predicted octanol–water partition coefficient (Wildman–Crippen LogP) is 1.35. The second-order valence-corrected chi connectivity index (χ2v) is 5.73. The molecular weight excluding hydrogens is 266 g/mol. The quantitative estimate of drug-likeness (QED) is 0.913. The third-order valence-corrected chi connectivity index (χ3v) is 4.18. The van der Waals surface area contributed by atoms with Gasteiger partial charge >= 0.3 is 0 Å². The van der Waals surface area contributed by atoms with Crippen LogP contribution in [0.3, 0.4) is 0 Å². The molecule has 1 saturated heterocycles. The number of fused-ring (bicyclic) bond motifs is 1. The van der Waals surface area contributed by atoms with Crippen LogP contribution in [-0.4, -0.2) is 54.3 Å². The third-order valence-electron chi connectivity index (χ3n) is 4.18. The van der Waals surface area contributed by atoms with E-state index in [1.807, 2.05) is 17.0 Å². The summed E-state index contributed by atoms with van der Waals surface area (Å²) >= 11 is 0. The van der Waals surface area contributed by atoms with Crippen molar-refractivity contribution in [3.63, 3.8) is 0 Å². The number of nitrogens with zero attached hydrogens (tertiary/aromatic N) is 2. The van der Waals surface area contributed by atoms with E-state index in [0.717, 1.165) is 50.4 Å². The van der Waals surface area contributed by atoms with E-state index in [2.05, 4.69) is 17.1 Å². The number of nitrogens with one attached hydrogen (secondary N) is 1. The van der Waals surface area contributed by atoms with Gasteiger partial charge in [0.25, 0.3) is 5.91 Å². The van der Waals surface area contributed by atoms with Crippen molar-refractivity contribution >= 4 is 17.5 Å². The summed E-state index contributed by atoms with van der Waals surface area (Å²) in [6.45, 7) is 6.73. The molecule has 0 radical (unpaired) electrons. The maximum atomic E-state index is 12.5. The average Bonchev–Trinajstić information content (AvgIpc) is 2.86. The van der Waals surface area contributed by atoms with Crippen molar-refractivity contribution in [1.82, 2.24) is 9.80 Å². The third kappa shape index (κ3) is 2.93. The number of hydrogen-bond acceptors (Lipinski definition) is 3. The van der Waals surface area contributed by atoms with E-state index in [4.69, 9.17) is 0 Å². The first-order valence-electron chi connectivity index (χ1n) is 7.62. The fourth-order valence-electron chi connectivity index (χ4n) is 3.02. The zero-order valence-corrected chi connectivity index (χ0v) is 12.4. The number of rotatable bonds is 3. The number of anilines is 1. The predicted molar refractivity (Wildman–Crippen MR) is 81.4 cm³/mol. The van der Waals surface area contributed by atoms with Crippen molar-refractivity contribution in [2.75, 3.05) is 38.0 Å². The van der Waals surface area contributed by atoms with Crippen LogP contribution in [0.4, 0.5) is 5.69 Å². The molecular formula is C16H21N3O2. The molecule has 21 heavy (non-hydrogen) atoms. The second-order valence-electron chi connectivity index (χ2n) is 5.73. The summed E-state index contributed by atoms with van der Waals surface area (Å²) in [6.07, 6.45) is 1.57. The lowest BCUT2D eigenvalue weighted by Crippen LogP contribution is -2.48. The molecule has 0 aromatic heterocycles. The SMILES string of the molecule is CCCN1CCN(C(=O)c2ccc3c(c2)NC(=O)C3)CC1. The maximum absolute atomic E-state index is 12.5. The molecule has 2 aliphatic heterocycles. The first kappa shape index (κ1) is 14.1. The lowest BCUT2D eigenvalue weighted by Gasteiger charge is -2.34.